The van der Waals surface area contributed by atoms with E-state index in [1.54, 1.807) is 41.8 Å². The minimum Gasteiger partial charge on any atom is -0.468 e. The van der Waals surface area contributed by atoms with Gasteiger partial charge >= 0.3 is 5.97 Å². The predicted octanol–water partition coefficient (Wildman–Crippen LogP) is 2.89. The summed E-state index contributed by atoms with van der Waals surface area (Å²) in [4.78, 5) is 12.0. The molecule has 3 aromatic rings. The van der Waals surface area contributed by atoms with Crippen LogP contribution < -0.4 is 0 Å². The first-order chi connectivity index (χ1) is 13.4. The zero-order chi connectivity index (χ0) is 20.1. The average molecular weight is 418 g/mol. The largest absolute Gasteiger partial charge is 0.468 e. The molecule has 0 radical (unpaired) electrons. The summed E-state index contributed by atoms with van der Waals surface area (Å²) in [6, 6.07) is 17.4. The molecule has 0 amide bonds. The van der Waals surface area contributed by atoms with E-state index in [2.05, 4.69) is 10.2 Å². The quantitative estimate of drug-likeness (QED) is 0.431. The molecule has 146 valence electrons. The number of carbonyl (C=O) groups excluding carboxylic acids is 1. The summed E-state index contributed by atoms with van der Waals surface area (Å²) in [6.45, 7) is 1.70. The standard InChI is InChI=1S/C19H19N3O4S2/c1-14(18(23)26-2)27-19-21-20-17(22(19)15-9-5-3-6-10-15)13-28(24,25)16-11-7-4-8-12-16/h3-12,14H,13H2,1-2H3. The number of aromatic nitrogens is 3. The molecule has 0 saturated heterocycles. The summed E-state index contributed by atoms with van der Waals surface area (Å²) < 4.78 is 32.0. The molecule has 9 heteroatoms. The van der Waals surface area contributed by atoms with Gasteiger partial charge in [0, 0.05) is 5.69 Å². The number of methoxy groups -OCH3 is 1. The Labute approximate surface area is 167 Å². The predicted molar refractivity (Wildman–Crippen MR) is 106 cm³/mol. The Morgan fingerprint density at radius 3 is 2.29 bits per heavy atom. The van der Waals surface area contributed by atoms with E-state index in [1.165, 1.54) is 7.11 Å². The number of hydrogen-bond donors (Lipinski definition) is 0. The van der Waals surface area contributed by atoms with Crippen molar-refractivity contribution in [2.24, 2.45) is 0 Å². The summed E-state index contributed by atoms with van der Waals surface area (Å²) in [7, 11) is -2.29. The van der Waals surface area contributed by atoms with Crippen LogP contribution in [-0.2, 0) is 25.1 Å². The number of nitrogens with zero attached hydrogens (tertiary/aromatic N) is 3. The highest BCUT2D eigenvalue weighted by Gasteiger charge is 2.25. The Morgan fingerprint density at radius 2 is 1.68 bits per heavy atom. The van der Waals surface area contributed by atoms with Gasteiger partial charge in [-0.25, -0.2) is 8.42 Å². The van der Waals surface area contributed by atoms with Crippen molar-refractivity contribution in [3.05, 3.63) is 66.5 Å². The van der Waals surface area contributed by atoms with Crippen molar-refractivity contribution >= 4 is 27.6 Å². The van der Waals surface area contributed by atoms with Gasteiger partial charge in [0.05, 0.1) is 12.0 Å². The molecule has 3 rings (SSSR count). The Balaban J connectivity index is 2.01. The summed E-state index contributed by atoms with van der Waals surface area (Å²) in [5.74, 6) is -0.438. The lowest BCUT2D eigenvalue weighted by atomic mass is 10.3. The van der Waals surface area contributed by atoms with Gasteiger partial charge in [-0.3, -0.25) is 9.36 Å². The van der Waals surface area contributed by atoms with Crippen molar-refractivity contribution < 1.29 is 17.9 Å². The smallest absolute Gasteiger partial charge is 0.318 e. The normalized spacial score (nSPS) is 12.5. The van der Waals surface area contributed by atoms with Crippen LogP contribution in [0.4, 0.5) is 0 Å². The molecule has 0 fully saturated rings. The van der Waals surface area contributed by atoms with Gasteiger partial charge in [0.15, 0.2) is 20.8 Å². The van der Waals surface area contributed by atoms with E-state index in [-0.39, 0.29) is 16.5 Å². The molecule has 1 aromatic heterocycles. The molecule has 1 heterocycles. The van der Waals surface area contributed by atoms with Gasteiger partial charge < -0.3 is 4.74 Å². The van der Waals surface area contributed by atoms with E-state index in [0.717, 1.165) is 11.8 Å². The van der Waals surface area contributed by atoms with Crippen LogP contribution >= 0.6 is 11.8 Å². The van der Waals surface area contributed by atoms with Gasteiger partial charge in [-0.1, -0.05) is 48.2 Å². The van der Waals surface area contributed by atoms with Gasteiger partial charge in [0.1, 0.15) is 11.0 Å². The van der Waals surface area contributed by atoms with Crippen molar-refractivity contribution in [3.63, 3.8) is 0 Å². The highest BCUT2D eigenvalue weighted by Crippen LogP contribution is 2.27. The molecule has 0 aliphatic carbocycles. The molecule has 28 heavy (non-hydrogen) atoms. The van der Waals surface area contributed by atoms with Gasteiger partial charge in [0.25, 0.3) is 0 Å². The zero-order valence-electron chi connectivity index (χ0n) is 15.3. The van der Waals surface area contributed by atoms with Crippen molar-refractivity contribution in [2.45, 2.75) is 28.0 Å². The fourth-order valence-corrected chi connectivity index (χ4v) is 4.74. The van der Waals surface area contributed by atoms with Crippen LogP contribution in [0.15, 0.2) is 70.7 Å². The van der Waals surface area contributed by atoms with Crippen LogP contribution in [0.5, 0.6) is 0 Å². The second-order valence-electron chi connectivity index (χ2n) is 5.93. The van der Waals surface area contributed by atoms with Crippen LogP contribution in [0.25, 0.3) is 5.69 Å². The number of sulfone groups is 1. The lowest BCUT2D eigenvalue weighted by Crippen LogP contribution is -2.16. The molecular formula is C19H19N3O4S2. The van der Waals surface area contributed by atoms with Crippen molar-refractivity contribution in [3.8, 4) is 5.69 Å². The topological polar surface area (TPSA) is 91.2 Å². The number of benzene rings is 2. The maximum absolute atomic E-state index is 12.8. The van der Waals surface area contributed by atoms with E-state index in [9.17, 15) is 13.2 Å². The zero-order valence-corrected chi connectivity index (χ0v) is 17.0. The van der Waals surface area contributed by atoms with E-state index < -0.39 is 21.1 Å². The van der Waals surface area contributed by atoms with Crippen LogP contribution in [-0.4, -0.2) is 41.5 Å². The fraction of sp³-hybridized carbons (Fsp3) is 0.211. The average Bonchev–Trinajstić information content (AvgIpc) is 3.09. The summed E-state index contributed by atoms with van der Waals surface area (Å²) >= 11 is 1.16. The van der Waals surface area contributed by atoms with Gasteiger partial charge in [-0.05, 0) is 31.2 Å². The Bertz CT molecular complexity index is 1050. The summed E-state index contributed by atoms with van der Waals surface area (Å²) in [5.41, 5.74) is 0.713. The first kappa shape index (κ1) is 20.1. The third-order valence-corrected chi connectivity index (χ3v) is 6.60. The number of rotatable bonds is 7. The van der Waals surface area contributed by atoms with E-state index in [1.807, 2.05) is 30.3 Å². The SMILES string of the molecule is COC(=O)C(C)Sc1nnc(CS(=O)(=O)c2ccccc2)n1-c1ccccc1. The van der Waals surface area contributed by atoms with Crippen molar-refractivity contribution in [2.75, 3.05) is 7.11 Å². The van der Waals surface area contributed by atoms with Gasteiger partial charge in [-0.15, -0.1) is 10.2 Å². The molecule has 0 bridgehead atoms. The third kappa shape index (κ3) is 4.42. The molecule has 0 saturated carbocycles. The minimum absolute atomic E-state index is 0.217. The Hall–Kier alpha value is -2.65. The van der Waals surface area contributed by atoms with Crippen LogP contribution in [0, 0.1) is 0 Å². The highest BCUT2D eigenvalue weighted by molar-refractivity contribution is 8.00. The molecule has 0 spiro atoms. The Kier molecular flexibility index (Phi) is 6.15. The monoisotopic (exact) mass is 417 g/mol. The van der Waals surface area contributed by atoms with Gasteiger partial charge in [0.2, 0.25) is 0 Å². The lowest BCUT2D eigenvalue weighted by Gasteiger charge is -2.12. The van der Waals surface area contributed by atoms with Crippen LogP contribution in [0.2, 0.25) is 0 Å². The molecule has 0 aliphatic rings. The molecule has 0 N–H and O–H groups in total. The van der Waals surface area contributed by atoms with Crippen molar-refractivity contribution in [1.82, 2.24) is 14.8 Å². The highest BCUT2D eigenvalue weighted by atomic mass is 32.2. The summed E-state index contributed by atoms with van der Waals surface area (Å²) in [6.07, 6.45) is 0. The maximum Gasteiger partial charge on any atom is 0.318 e. The van der Waals surface area contributed by atoms with Crippen LogP contribution in [0.1, 0.15) is 12.7 Å². The molecule has 1 atom stereocenters. The van der Waals surface area contributed by atoms with E-state index in [0.29, 0.717) is 10.8 Å². The maximum atomic E-state index is 12.8. The molecule has 2 aromatic carbocycles. The molecule has 7 nitrogen and oxygen atoms in total. The second kappa shape index (κ2) is 8.57. The number of esters is 1. The number of hydrogen-bond acceptors (Lipinski definition) is 7. The molecule has 0 aliphatic heterocycles. The third-order valence-electron chi connectivity index (χ3n) is 3.95. The van der Waals surface area contributed by atoms with Crippen LogP contribution in [0.3, 0.4) is 0 Å². The number of para-hydroxylation sites is 1. The first-order valence-corrected chi connectivity index (χ1v) is 11.0. The number of thioether (sulfide) groups is 1. The van der Waals surface area contributed by atoms with E-state index >= 15 is 0 Å². The van der Waals surface area contributed by atoms with E-state index in [4.69, 9.17) is 4.74 Å². The minimum atomic E-state index is -3.60. The summed E-state index contributed by atoms with van der Waals surface area (Å²) in [5, 5.41) is 8.13. The lowest BCUT2D eigenvalue weighted by molar-refractivity contribution is -0.139. The number of carbonyl (C=O) groups is 1. The van der Waals surface area contributed by atoms with Crippen molar-refractivity contribution in [1.29, 1.82) is 0 Å². The Morgan fingerprint density at radius 1 is 1.07 bits per heavy atom. The first-order valence-electron chi connectivity index (χ1n) is 8.44. The molecular weight excluding hydrogens is 398 g/mol. The number of ether oxygens (including phenoxy) is 1. The fourth-order valence-electron chi connectivity index (χ4n) is 2.56. The van der Waals surface area contributed by atoms with Gasteiger partial charge in [-0.2, -0.15) is 0 Å². The molecule has 1 unspecified atom stereocenters. The second-order valence-corrected chi connectivity index (χ2v) is 9.22.